The third-order valence-electron chi connectivity index (χ3n) is 5.94. The Bertz CT molecular complexity index is 1030. The van der Waals surface area contributed by atoms with Gasteiger partial charge in [0, 0.05) is 37.9 Å². The molecule has 2 aromatic rings. The molecule has 0 saturated carbocycles. The van der Waals surface area contributed by atoms with Gasteiger partial charge in [-0.15, -0.1) is 0 Å². The van der Waals surface area contributed by atoms with Gasteiger partial charge in [0.05, 0.1) is 31.6 Å². The van der Waals surface area contributed by atoms with E-state index in [1.807, 2.05) is 13.0 Å². The van der Waals surface area contributed by atoms with E-state index in [2.05, 4.69) is 9.88 Å². The quantitative estimate of drug-likeness (QED) is 0.421. The third kappa shape index (κ3) is 4.24. The number of hydrogen-bond acceptors (Lipinski definition) is 7. The molecule has 1 amide bonds. The second kappa shape index (κ2) is 9.50. The Labute approximate surface area is 187 Å². The molecule has 8 nitrogen and oxygen atoms in total. The van der Waals surface area contributed by atoms with Gasteiger partial charge in [0.15, 0.2) is 0 Å². The van der Waals surface area contributed by atoms with Gasteiger partial charge in [-0.25, -0.2) is 0 Å². The van der Waals surface area contributed by atoms with Gasteiger partial charge < -0.3 is 19.5 Å². The van der Waals surface area contributed by atoms with E-state index >= 15 is 0 Å². The number of aliphatic hydroxyl groups excluding tert-OH is 1. The highest BCUT2D eigenvalue weighted by atomic mass is 16.5. The molecule has 1 unspecified atom stereocenters. The van der Waals surface area contributed by atoms with Crippen LogP contribution in [0.3, 0.4) is 0 Å². The summed E-state index contributed by atoms with van der Waals surface area (Å²) in [6.45, 7) is 5.68. The van der Waals surface area contributed by atoms with Crippen LogP contribution < -0.4 is 4.74 Å². The summed E-state index contributed by atoms with van der Waals surface area (Å²) in [5.41, 5.74) is 1.86. The van der Waals surface area contributed by atoms with Crippen LogP contribution in [0.4, 0.5) is 0 Å². The molecule has 32 heavy (non-hydrogen) atoms. The van der Waals surface area contributed by atoms with Crippen LogP contribution in [0, 0.1) is 6.92 Å². The molecule has 168 valence electrons. The number of hydrogen-bond donors (Lipinski definition) is 1. The first-order chi connectivity index (χ1) is 15.5. The highest BCUT2D eigenvalue weighted by Gasteiger charge is 2.46. The number of likely N-dealkylation sites (tertiary alicyclic amines) is 1. The first-order valence-electron chi connectivity index (χ1n) is 10.7. The number of pyridine rings is 1. The van der Waals surface area contributed by atoms with E-state index in [9.17, 15) is 14.7 Å². The van der Waals surface area contributed by atoms with Crippen molar-refractivity contribution in [3.05, 3.63) is 65.0 Å². The van der Waals surface area contributed by atoms with Crippen molar-refractivity contribution in [3.8, 4) is 5.75 Å². The van der Waals surface area contributed by atoms with E-state index in [4.69, 9.17) is 9.47 Å². The van der Waals surface area contributed by atoms with Crippen molar-refractivity contribution in [2.45, 2.75) is 13.0 Å². The second-order valence-corrected chi connectivity index (χ2v) is 7.89. The van der Waals surface area contributed by atoms with Crippen LogP contribution in [0.1, 0.15) is 22.9 Å². The number of aryl methyl sites for hydroxylation is 1. The highest BCUT2D eigenvalue weighted by molar-refractivity contribution is 6.46. The maximum Gasteiger partial charge on any atom is 0.295 e. The molecule has 1 aromatic heterocycles. The number of aliphatic hydroxyl groups is 1. The highest BCUT2D eigenvalue weighted by Crippen LogP contribution is 2.38. The summed E-state index contributed by atoms with van der Waals surface area (Å²) in [7, 11) is 1.57. The van der Waals surface area contributed by atoms with Crippen LogP contribution in [-0.4, -0.2) is 78.1 Å². The molecule has 1 N–H and O–H groups in total. The molecular formula is C24H27N3O5. The molecule has 2 saturated heterocycles. The lowest BCUT2D eigenvalue weighted by Gasteiger charge is -2.30. The zero-order valence-electron chi connectivity index (χ0n) is 18.3. The average molecular weight is 437 g/mol. The molecule has 2 fully saturated rings. The smallest absolute Gasteiger partial charge is 0.295 e. The fourth-order valence-corrected chi connectivity index (χ4v) is 4.21. The Morgan fingerprint density at radius 2 is 1.97 bits per heavy atom. The van der Waals surface area contributed by atoms with Crippen molar-refractivity contribution in [2.24, 2.45) is 0 Å². The number of rotatable bonds is 6. The van der Waals surface area contributed by atoms with E-state index in [0.29, 0.717) is 43.3 Å². The molecule has 2 aliphatic rings. The zero-order valence-corrected chi connectivity index (χ0v) is 18.3. The number of carbonyl (C=O) groups is 2. The number of benzene rings is 1. The van der Waals surface area contributed by atoms with Crippen LogP contribution in [0.5, 0.6) is 5.75 Å². The number of aromatic nitrogens is 1. The summed E-state index contributed by atoms with van der Waals surface area (Å²) in [5.74, 6) is -0.860. The third-order valence-corrected chi connectivity index (χ3v) is 5.94. The summed E-state index contributed by atoms with van der Waals surface area (Å²) >= 11 is 0. The maximum absolute atomic E-state index is 13.1. The number of nitrogens with zero attached hydrogens (tertiary/aromatic N) is 3. The number of Topliss-reactive ketones (excluding diaryl/α,β-unsaturated/α-hetero) is 1. The number of ketones is 1. The molecule has 0 bridgehead atoms. The SMILES string of the molecule is COc1ccc(C(O)=C2C(=O)C(=O)N(CCN3CCOCC3)C2c2ccccn2)cc1C. The summed E-state index contributed by atoms with van der Waals surface area (Å²) in [5, 5.41) is 11.1. The van der Waals surface area contributed by atoms with Crippen molar-refractivity contribution in [1.82, 2.24) is 14.8 Å². The van der Waals surface area contributed by atoms with E-state index < -0.39 is 17.7 Å². The Balaban J connectivity index is 1.72. The average Bonchev–Trinajstić information content (AvgIpc) is 3.08. The molecule has 2 aliphatic heterocycles. The van der Waals surface area contributed by atoms with Crippen molar-refractivity contribution in [3.63, 3.8) is 0 Å². The second-order valence-electron chi connectivity index (χ2n) is 7.89. The number of carbonyl (C=O) groups excluding carboxylic acids is 2. The standard InChI is InChI=1S/C24H27N3O5/c1-16-15-17(6-7-19(16)31-2)22(28)20-21(18-5-3-4-8-25-18)27(24(30)23(20)29)10-9-26-11-13-32-14-12-26/h3-8,15,21,28H,9-14H2,1-2H3. The fourth-order valence-electron chi connectivity index (χ4n) is 4.21. The lowest BCUT2D eigenvalue weighted by molar-refractivity contribution is -0.140. The topological polar surface area (TPSA) is 92.2 Å². The van der Waals surface area contributed by atoms with Gasteiger partial charge in [-0.05, 0) is 42.8 Å². The van der Waals surface area contributed by atoms with Gasteiger partial charge in [0.1, 0.15) is 17.6 Å². The monoisotopic (exact) mass is 437 g/mol. The molecule has 3 heterocycles. The van der Waals surface area contributed by atoms with Gasteiger partial charge in [0.25, 0.3) is 11.7 Å². The Hall–Kier alpha value is -3.23. The minimum absolute atomic E-state index is 0.0558. The number of amides is 1. The predicted molar refractivity (Wildman–Crippen MR) is 118 cm³/mol. The normalized spacial score (nSPS) is 21.2. The first kappa shape index (κ1) is 22.0. The summed E-state index contributed by atoms with van der Waals surface area (Å²) in [6, 6.07) is 9.75. The Kier molecular flexibility index (Phi) is 6.53. The molecule has 0 aliphatic carbocycles. The van der Waals surface area contributed by atoms with Crippen LogP contribution >= 0.6 is 0 Å². The maximum atomic E-state index is 13.1. The number of methoxy groups -OCH3 is 1. The molecule has 4 rings (SSSR count). The Morgan fingerprint density at radius 3 is 2.62 bits per heavy atom. The molecule has 0 radical (unpaired) electrons. The number of morpholine rings is 1. The zero-order chi connectivity index (χ0) is 22.7. The van der Waals surface area contributed by atoms with Crippen LogP contribution in [0.2, 0.25) is 0 Å². The summed E-state index contributed by atoms with van der Waals surface area (Å²) < 4.78 is 10.7. The van der Waals surface area contributed by atoms with Gasteiger partial charge in [0.2, 0.25) is 0 Å². The predicted octanol–water partition coefficient (Wildman–Crippen LogP) is 2.15. The largest absolute Gasteiger partial charge is 0.507 e. The minimum Gasteiger partial charge on any atom is -0.507 e. The molecule has 1 aromatic carbocycles. The first-order valence-corrected chi connectivity index (χ1v) is 10.7. The van der Waals surface area contributed by atoms with Gasteiger partial charge in [-0.3, -0.25) is 19.5 Å². The van der Waals surface area contributed by atoms with Crippen molar-refractivity contribution < 1.29 is 24.2 Å². The summed E-state index contributed by atoms with van der Waals surface area (Å²) in [6.07, 6.45) is 1.62. The van der Waals surface area contributed by atoms with Gasteiger partial charge in [-0.1, -0.05) is 6.07 Å². The van der Waals surface area contributed by atoms with Crippen molar-refractivity contribution in [2.75, 3.05) is 46.5 Å². The van der Waals surface area contributed by atoms with Crippen LogP contribution in [0.15, 0.2) is 48.2 Å². The van der Waals surface area contributed by atoms with Crippen molar-refractivity contribution in [1.29, 1.82) is 0 Å². The summed E-state index contributed by atoms with van der Waals surface area (Å²) in [4.78, 5) is 34.2. The van der Waals surface area contributed by atoms with Crippen LogP contribution in [-0.2, 0) is 14.3 Å². The Morgan fingerprint density at radius 1 is 1.19 bits per heavy atom. The molecular weight excluding hydrogens is 410 g/mol. The number of ether oxygens (including phenoxy) is 2. The van der Waals surface area contributed by atoms with Crippen molar-refractivity contribution >= 4 is 17.4 Å². The molecule has 0 spiro atoms. The van der Waals surface area contributed by atoms with E-state index in [-0.39, 0.29) is 11.3 Å². The van der Waals surface area contributed by atoms with Gasteiger partial charge >= 0.3 is 0 Å². The lowest BCUT2D eigenvalue weighted by atomic mass is 9.97. The molecule has 8 heteroatoms. The van der Waals surface area contributed by atoms with E-state index in [1.165, 1.54) is 4.90 Å². The minimum atomic E-state index is -0.750. The fraction of sp³-hybridized carbons (Fsp3) is 0.375. The lowest BCUT2D eigenvalue weighted by Crippen LogP contribution is -2.42. The van der Waals surface area contributed by atoms with Gasteiger partial charge in [-0.2, -0.15) is 0 Å². The molecule has 1 atom stereocenters. The van der Waals surface area contributed by atoms with Crippen LogP contribution in [0.25, 0.3) is 5.76 Å². The van der Waals surface area contributed by atoms with E-state index in [0.717, 1.165) is 18.7 Å². The van der Waals surface area contributed by atoms with E-state index in [1.54, 1.807) is 43.6 Å².